The second-order valence-corrected chi connectivity index (χ2v) is 10.4. The van der Waals surface area contributed by atoms with Crippen LogP contribution in [0.25, 0.3) is 6.08 Å². The third-order valence-electron chi connectivity index (χ3n) is 5.62. The summed E-state index contributed by atoms with van der Waals surface area (Å²) in [5.74, 6) is 0.511. The van der Waals surface area contributed by atoms with Crippen LogP contribution in [0.5, 0.6) is 11.5 Å². The zero-order valence-electron chi connectivity index (χ0n) is 21.0. The number of hydrogen-bond acceptors (Lipinski definition) is 7. The molecule has 2 heterocycles. The molecule has 0 fully saturated rings. The van der Waals surface area contributed by atoms with E-state index in [9.17, 15) is 9.59 Å². The highest BCUT2D eigenvalue weighted by Crippen LogP contribution is 2.37. The number of halogens is 2. The van der Waals surface area contributed by atoms with Gasteiger partial charge in [0.2, 0.25) is 0 Å². The highest BCUT2D eigenvalue weighted by Gasteiger charge is 2.35. The summed E-state index contributed by atoms with van der Waals surface area (Å²) in [5.41, 5.74) is 1.56. The maximum atomic E-state index is 13.9. The SMILES string of the molecule is CCOC(=O)C1=C(C)N=c2s/c(=C\c3cc(Cl)ccc3OC(C)C)c(=O)n2[C@@H]1c1cc(Cl)ccc1OC. The van der Waals surface area contributed by atoms with Gasteiger partial charge in [0.15, 0.2) is 4.80 Å². The summed E-state index contributed by atoms with van der Waals surface area (Å²) in [4.78, 5) is 32.1. The number of nitrogens with zero attached hydrogens (tertiary/aromatic N) is 2. The molecule has 0 aliphatic carbocycles. The van der Waals surface area contributed by atoms with Crippen LogP contribution in [0, 0.1) is 0 Å². The number of hydrogen-bond donors (Lipinski definition) is 0. The van der Waals surface area contributed by atoms with Crippen LogP contribution in [0.3, 0.4) is 0 Å². The second-order valence-electron chi connectivity index (χ2n) is 8.54. The predicted molar refractivity (Wildman–Crippen MR) is 146 cm³/mol. The lowest BCUT2D eigenvalue weighted by Gasteiger charge is -2.26. The van der Waals surface area contributed by atoms with E-state index in [0.29, 0.717) is 47.7 Å². The topological polar surface area (TPSA) is 79.1 Å². The van der Waals surface area contributed by atoms with E-state index in [0.717, 1.165) is 0 Å². The molecule has 0 saturated heterocycles. The number of fused-ring (bicyclic) bond motifs is 1. The van der Waals surface area contributed by atoms with Crippen molar-refractivity contribution in [2.24, 2.45) is 4.99 Å². The first-order chi connectivity index (χ1) is 17.6. The molecule has 2 aromatic carbocycles. The van der Waals surface area contributed by atoms with E-state index in [-0.39, 0.29) is 23.8 Å². The minimum absolute atomic E-state index is 0.0698. The molecular formula is C27H26Cl2N2O5S. The summed E-state index contributed by atoms with van der Waals surface area (Å²) in [5, 5.41) is 0.947. The monoisotopic (exact) mass is 560 g/mol. The molecule has 1 aliphatic heterocycles. The van der Waals surface area contributed by atoms with Gasteiger partial charge in [-0.15, -0.1) is 0 Å². The number of carbonyl (C=O) groups excluding carboxylic acids is 1. The standard InChI is InChI=1S/C27H26Cl2N2O5S/c1-6-35-26(33)23-15(4)30-27-31(24(23)19-13-18(29)8-10-21(19)34-5)25(32)22(37-27)12-16-11-17(28)7-9-20(16)36-14(2)3/h7-14,24H,6H2,1-5H3/b22-12-/t24-/m1/s1. The summed E-state index contributed by atoms with van der Waals surface area (Å²) in [6, 6.07) is 9.47. The lowest BCUT2D eigenvalue weighted by molar-refractivity contribution is -0.139. The van der Waals surface area contributed by atoms with Gasteiger partial charge in [-0.1, -0.05) is 34.5 Å². The van der Waals surface area contributed by atoms with Gasteiger partial charge in [0, 0.05) is 21.2 Å². The number of rotatable bonds is 7. The summed E-state index contributed by atoms with van der Waals surface area (Å²) >= 11 is 13.8. The Morgan fingerprint density at radius 1 is 1.16 bits per heavy atom. The molecule has 1 atom stereocenters. The van der Waals surface area contributed by atoms with Gasteiger partial charge in [-0.2, -0.15) is 0 Å². The lowest BCUT2D eigenvalue weighted by atomic mass is 9.95. The molecule has 0 amide bonds. The van der Waals surface area contributed by atoms with Crippen LogP contribution in [0.1, 0.15) is 44.9 Å². The normalized spacial score (nSPS) is 15.5. The number of ether oxygens (including phenoxy) is 3. The minimum Gasteiger partial charge on any atom is -0.496 e. The summed E-state index contributed by atoms with van der Waals surface area (Å²) in [7, 11) is 1.52. The quantitative estimate of drug-likeness (QED) is 0.384. The maximum Gasteiger partial charge on any atom is 0.338 e. The van der Waals surface area contributed by atoms with Crippen molar-refractivity contribution in [1.29, 1.82) is 0 Å². The Hall–Kier alpha value is -3.07. The number of carbonyl (C=O) groups is 1. The highest BCUT2D eigenvalue weighted by atomic mass is 35.5. The van der Waals surface area contributed by atoms with E-state index in [1.165, 1.54) is 23.0 Å². The smallest absolute Gasteiger partial charge is 0.338 e. The first-order valence-corrected chi connectivity index (χ1v) is 13.2. The van der Waals surface area contributed by atoms with Crippen LogP contribution in [0.4, 0.5) is 0 Å². The van der Waals surface area contributed by atoms with Gasteiger partial charge in [0.1, 0.15) is 17.5 Å². The van der Waals surface area contributed by atoms with Gasteiger partial charge in [-0.05, 0) is 70.2 Å². The Balaban J connectivity index is 2.01. The highest BCUT2D eigenvalue weighted by molar-refractivity contribution is 7.07. The molecule has 7 nitrogen and oxygen atoms in total. The fourth-order valence-corrected chi connectivity index (χ4v) is 5.54. The molecule has 4 rings (SSSR count). The summed E-state index contributed by atoms with van der Waals surface area (Å²) in [6.45, 7) is 7.46. The fourth-order valence-electron chi connectivity index (χ4n) is 4.14. The lowest BCUT2D eigenvalue weighted by Crippen LogP contribution is -2.40. The number of aromatic nitrogens is 1. The van der Waals surface area contributed by atoms with Gasteiger partial charge >= 0.3 is 5.97 Å². The molecular weight excluding hydrogens is 535 g/mol. The Bertz CT molecular complexity index is 1570. The summed E-state index contributed by atoms with van der Waals surface area (Å²) in [6.07, 6.45) is 1.66. The number of allylic oxidation sites excluding steroid dienone is 1. The third kappa shape index (κ3) is 5.46. The van der Waals surface area contributed by atoms with Gasteiger partial charge in [-0.25, -0.2) is 9.79 Å². The van der Waals surface area contributed by atoms with Crippen LogP contribution >= 0.6 is 34.5 Å². The van der Waals surface area contributed by atoms with E-state index in [2.05, 4.69) is 4.99 Å². The summed E-state index contributed by atoms with van der Waals surface area (Å²) < 4.78 is 18.7. The predicted octanol–water partition coefficient (Wildman–Crippen LogP) is 4.90. The van der Waals surface area contributed by atoms with Gasteiger partial charge in [0.25, 0.3) is 5.56 Å². The van der Waals surface area contributed by atoms with Gasteiger partial charge < -0.3 is 14.2 Å². The van der Waals surface area contributed by atoms with Crippen LogP contribution < -0.4 is 24.4 Å². The Morgan fingerprint density at radius 2 is 1.84 bits per heavy atom. The Kier molecular flexibility index (Phi) is 8.11. The van der Waals surface area contributed by atoms with Crippen LogP contribution in [-0.4, -0.2) is 30.4 Å². The molecule has 10 heteroatoms. The molecule has 1 aromatic heterocycles. The van der Waals surface area contributed by atoms with Gasteiger partial charge in [0.05, 0.1) is 35.6 Å². The molecule has 3 aromatic rings. The van der Waals surface area contributed by atoms with E-state index in [1.807, 2.05) is 13.8 Å². The van der Waals surface area contributed by atoms with Crippen molar-refractivity contribution in [2.75, 3.05) is 13.7 Å². The third-order valence-corrected chi connectivity index (χ3v) is 7.08. The first-order valence-electron chi connectivity index (χ1n) is 11.6. The van der Waals surface area contributed by atoms with Crippen molar-refractivity contribution in [2.45, 2.75) is 39.8 Å². The molecule has 1 aliphatic rings. The zero-order valence-corrected chi connectivity index (χ0v) is 23.3. The van der Waals surface area contributed by atoms with E-state index < -0.39 is 12.0 Å². The average Bonchev–Trinajstić information content (AvgIpc) is 3.14. The molecule has 0 saturated carbocycles. The maximum absolute atomic E-state index is 13.9. The van der Waals surface area contributed by atoms with Crippen molar-refractivity contribution in [3.8, 4) is 11.5 Å². The van der Waals surface area contributed by atoms with E-state index in [1.54, 1.807) is 56.3 Å². The Labute approximate surface area is 228 Å². The molecule has 0 radical (unpaired) electrons. The van der Waals surface area contributed by atoms with Crippen LogP contribution in [0.2, 0.25) is 10.0 Å². The average molecular weight is 561 g/mol. The van der Waals surface area contributed by atoms with Crippen LogP contribution in [-0.2, 0) is 9.53 Å². The molecule has 0 spiro atoms. The number of thiazole rings is 1. The van der Waals surface area contributed by atoms with Gasteiger partial charge in [-0.3, -0.25) is 9.36 Å². The number of benzene rings is 2. The first kappa shape index (κ1) is 27.0. The molecule has 0 N–H and O–H groups in total. The molecule has 0 unspecified atom stereocenters. The molecule has 194 valence electrons. The number of methoxy groups -OCH3 is 1. The van der Waals surface area contributed by atoms with Crippen molar-refractivity contribution >= 4 is 46.6 Å². The largest absolute Gasteiger partial charge is 0.496 e. The van der Waals surface area contributed by atoms with Crippen molar-refractivity contribution in [3.05, 3.63) is 88.5 Å². The Morgan fingerprint density at radius 3 is 2.49 bits per heavy atom. The number of esters is 1. The fraction of sp³-hybridized carbons (Fsp3) is 0.296. The molecule has 37 heavy (non-hydrogen) atoms. The molecule has 0 bridgehead atoms. The van der Waals surface area contributed by atoms with Crippen molar-refractivity contribution < 1.29 is 19.0 Å². The minimum atomic E-state index is -0.850. The van der Waals surface area contributed by atoms with E-state index in [4.69, 9.17) is 37.4 Å². The second kappa shape index (κ2) is 11.1. The van der Waals surface area contributed by atoms with Crippen molar-refractivity contribution in [1.82, 2.24) is 4.57 Å². The van der Waals surface area contributed by atoms with Crippen molar-refractivity contribution in [3.63, 3.8) is 0 Å². The van der Waals surface area contributed by atoms with E-state index >= 15 is 0 Å². The van der Waals surface area contributed by atoms with Crippen LogP contribution in [0.15, 0.2) is 57.5 Å². The zero-order chi connectivity index (χ0) is 26.9.